The van der Waals surface area contributed by atoms with Crippen LogP contribution in [0.5, 0.6) is 11.5 Å². The molecule has 3 aliphatic rings. The minimum Gasteiger partial charge on any atom is -0.497 e. The minimum absolute atomic E-state index is 0.0142. The monoisotopic (exact) mass is 823 g/mol. The Morgan fingerprint density at radius 3 is 2.22 bits per heavy atom. The maximum absolute atomic E-state index is 14.9. The summed E-state index contributed by atoms with van der Waals surface area (Å²) in [4.78, 5) is 65.2. The van der Waals surface area contributed by atoms with E-state index in [0.29, 0.717) is 59.6 Å². The van der Waals surface area contributed by atoms with Crippen molar-refractivity contribution >= 4 is 44.6 Å². The fraction of sp³-hybridized carbons (Fsp3) is 0.444. The van der Waals surface area contributed by atoms with Gasteiger partial charge in [-0.2, -0.15) is 0 Å². The standard InChI is InChI=1S/C45H53N5O8S/c1-45(2,3)35(26-40(51)49-22-12-7-13-23-49)44(54)50-28-32(58-39-27-36(29-14-8-5-9-15-29)46-37-24-31(57-4)18-21-34(37)39)25-38(50)42(52)47-41(30-16-10-6-11-17-30)43(53)48-59(55,56)33-19-20-33/h5-6,8-11,14-18,21,24,27,32-33,35,38,41H,7,12-13,19-20,22-23,25-26,28H2,1-4H3,(H,47,52)(H,48,53)/t32-,35?,38+,41+/m1/s1. The number of fused-ring (bicyclic) bond motifs is 1. The second-order valence-electron chi connectivity index (χ2n) is 16.9. The molecule has 7 rings (SSSR count). The lowest BCUT2D eigenvalue weighted by atomic mass is 9.77. The number of hydrogen-bond acceptors (Lipinski definition) is 9. The van der Waals surface area contributed by atoms with Crippen molar-refractivity contribution in [2.75, 3.05) is 26.7 Å². The van der Waals surface area contributed by atoms with Crippen LogP contribution in [0.2, 0.25) is 0 Å². The van der Waals surface area contributed by atoms with Gasteiger partial charge in [0, 0.05) is 49.0 Å². The van der Waals surface area contributed by atoms with Gasteiger partial charge in [-0.1, -0.05) is 81.4 Å². The molecule has 1 saturated carbocycles. The molecule has 2 aliphatic heterocycles. The molecular formula is C45H53N5O8S. The number of hydrogen-bond donors (Lipinski definition) is 2. The number of aromatic nitrogens is 1. The van der Waals surface area contributed by atoms with Gasteiger partial charge in [-0.05, 0) is 55.2 Å². The molecule has 0 spiro atoms. The van der Waals surface area contributed by atoms with Gasteiger partial charge in [0.25, 0.3) is 5.91 Å². The smallest absolute Gasteiger partial charge is 0.260 e. The van der Waals surface area contributed by atoms with E-state index in [1.165, 1.54) is 4.90 Å². The highest BCUT2D eigenvalue weighted by Gasteiger charge is 2.47. The average Bonchev–Trinajstić information content (AvgIpc) is 4.02. The number of rotatable bonds is 13. The van der Waals surface area contributed by atoms with Gasteiger partial charge >= 0.3 is 0 Å². The van der Waals surface area contributed by atoms with Gasteiger partial charge in [0.15, 0.2) is 0 Å². The third-order valence-corrected chi connectivity index (χ3v) is 13.3. The SMILES string of the molecule is COc1ccc2c(O[C@@H]3C[C@@H](C(=O)N[C@H](C(=O)NS(=O)(=O)C4CC4)c4ccccc4)N(C(=O)C(CC(=O)N4CCCCC4)C(C)(C)C)C3)cc(-c3ccccc3)nc2c1. The van der Waals surface area contributed by atoms with Crippen molar-refractivity contribution in [3.05, 3.63) is 90.5 Å². The number of nitrogens with one attached hydrogen (secondary N) is 2. The first kappa shape index (κ1) is 41.7. The van der Waals surface area contributed by atoms with Gasteiger partial charge in [-0.25, -0.2) is 13.4 Å². The lowest BCUT2D eigenvalue weighted by molar-refractivity contribution is -0.148. The largest absolute Gasteiger partial charge is 0.497 e. The van der Waals surface area contributed by atoms with Crippen molar-refractivity contribution in [3.8, 4) is 22.8 Å². The Morgan fingerprint density at radius 1 is 0.898 bits per heavy atom. The van der Waals surface area contributed by atoms with E-state index in [2.05, 4.69) is 10.0 Å². The summed E-state index contributed by atoms with van der Waals surface area (Å²) < 4.78 is 40.2. The van der Waals surface area contributed by atoms with Crippen molar-refractivity contribution in [2.45, 2.75) is 89.2 Å². The van der Waals surface area contributed by atoms with Crippen LogP contribution in [0.25, 0.3) is 22.2 Å². The zero-order valence-electron chi connectivity index (χ0n) is 34.1. The minimum atomic E-state index is -3.94. The summed E-state index contributed by atoms with van der Waals surface area (Å²) in [6.07, 6.45) is 3.12. The van der Waals surface area contributed by atoms with E-state index < -0.39 is 56.6 Å². The summed E-state index contributed by atoms with van der Waals surface area (Å²) in [5, 5.41) is 2.85. The highest BCUT2D eigenvalue weighted by molar-refractivity contribution is 7.90. The molecule has 2 N–H and O–H groups in total. The Kier molecular flexibility index (Phi) is 12.3. The molecule has 4 aromatic rings. The number of benzene rings is 3. The fourth-order valence-electron chi connectivity index (χ4n) is 7.97. The molecule has 1 unspecified atom stereocenters. The molecule has 3 heterocycles. The van der Waals surface area contributed by atoms with Crippen LogP contribution in [0, 0.1) is 11.3 Å². The van der Waals surface area contributed by atoms with Crippen molar-refractivity contribution in [2.24, 2.45) is 11.3 Å². The second kappa shape index (κ2) is 17.4. The molecule has 2 saturated heterocycles. The number of carbonyl (C=O) groups excluding carboxylic acids is 4. The number of ether oxygens (including phenoxy) is 2. The molecule has 3 aromatic carbocycles. The molecule has 14 heteroatoms. The topological polar surface area (TPSA) is 164 Å². The van der Waals surface area contributed by atoms with Crippen LogP contribution in [0.1, 0.15) is 77.3 Å². The van der Waals surface area contributed by atoms with Crippen LogP contribution < -0.4 is 19.5 Å². The molecule has 0 bridgehead atoms. The summed E-state index contributed by atoms with van der Waals surface area (Å²) in [5.74, 6) is -1.69. The van der Waals surface area contributed by atoms with Crippen molar-refractivity contribution < 1.29 is 37.1 Å². The number of sulfonamides is 1. The van der Waals surface area contributed by atoms with Crippen LogP contribution in [-0.2, 0) is 29.2 Å². The van der Waals surface area contributed by atoms with E-state index in [4.69, 9.17) is 14.5 Å². The number of piperidine rings is 1. The van der Waals surface area contributed by atoms with Crippen LogP contribution in [0.3, 0.4) is 0 Å². The Morgan fingerprint density at radius 2 is 1.58 bits per heavy atom. The number of likely N-dealkylation sites (tertiary alicyclic amines) is 2. The third kappa shape index (κ3) is 9.70. The first-order valence-corrected chi connectivity index (χ1v) is 22.0. The molecule has 0 radical (unpaired) electrons. The van der Waals surface area contributed by atoms with Gasteiger partial charge in [0.2, 0.25) is 27.7 Å². The van der Waals surface area contributed by atoms with E-state index >= 15 is 0 Å². The van der Waals surface area contributed by atoms with E-state index in [-0.39, 0.29) is 31.2 Å². The summed E-state index contributed by atoms with van der Waals surface area (Å²) in [6, 6.07) is 22.9. The van der Waals surface area contributed by atoms with Crippen molar-refractivity contribution in [1.82, 2.24) is 24.8 Å². The molecule has 4 atom stereocenters. The Balaban J connectivity index is 1.23. The van der Waals surface area contributed by atoms with Crippen molar-refractivity contribution in [3.63, 3.8) is 0 Å². The van der Waals surface area contributed by atoms with E-state index in [1.807, 2.05) is 80.3 Å². The van der Waals surface area contributed by atoms with Crippen LogP contribution >= 0.6 is 0 Å². The normalized spacial score (nSPS) is 19.5. The highest BCUT2D eigenvalue weighted by atomic mass is 32.2. The molecular weight excluding hydrogens is 771 g/mol. The van der Waals surface area contributed by atoms with Gasteiger partial charge in [-0.15, -0.1) is 0 Å². The van der Waals surface area contributed by atoms with Crippen LogP contribution in [0.15, 0.2) is 84.9 Å². The van der Waals surface area contributed by atoms with E-state index in [0.717, 1.165) is 24.8 Å². The van der Waals surface area contributed by atoms with E-state index in [1.54, 1.807) is 37.4 Å². The fourth-order valence-corrected chi connectivity index (χ4v) is 9.29. The zero-order chi connectivity index (χ0) is 41.9. The van der Waals surface area contributed by atoms with Crippen LogP contribution in [0.4, 0.5) is 0 Å². The van der Waals surface area contributed by atoms with Gasteiger partial charge in [-0.3, -0.25) is 23.9 Å². The number of amides is 4. The molecule has 3 fully saturated rings. The summed E-state index contributed by atoms with van der Waals surface area (Å²) in [6.45, 7) is 7.04. The molecule has 4 amide bonds. The summed E-state index contributed by atoms with van der Waals surface area (Å²) in [7, 11) is -2.36. The van der Waals surface area contributed by atoms with Gasteiger partial charge < -0.3 is 24.6 Å². The molecule has 1 aliphatic carbocycles. The maximum Gasteiger partial charge on any atom is 0.260 e. The third-order valence-electron chi connectivity index (χ3n) is 11.5. The highest BCUT2D eigenvalue weighted by Crippen LogP contribution is 2.38. The Bertz CT molecular complexity index is 2290. The lowest BCUT2D eigenvalue weighted by Crippen LogP contribution is -2.53. The number of methoxy groups -OCH3 is 1. The van der Waals surface area contributed by atoms with Gasteiger partial charge in [0.1, 0.15) is 29.7 Å². The zero-order valence-corrected chi connectivity index (χ0v) is 34.9. The lowest BCUT2D eigenvalue weighted by Gasteiger charge is -2.36. The molecule has 312 valence electrons. The predicted octanol–water partition coefficient (Wildman–Crippen LogP) is 5.79. The summed E-state index contributed by atoms with van der Waals surface area (Å²) >= 11 is 0. The second-order valence-corrected chi connectivity index (χ2v) is 18.8. The van der Waals surface area contributed by atoms with Crippen molar-refractivity contribution in [1.29, 1.82) is 0 Å². The number of nitrogens with zero attached hydrogens (tertiary/aromatic N) is 3. The Labute approximate surface area is 345 Å². The molecule has 1 aromatic heterocycles. The first-order chi connectivity index (χ1) is 28.2. The van der Waals surface area contributed by atoms with Crippen LogP contribution in [-0.4, -0.2) is 91.0 Å². The Hall–Kier alpha value is -5.50. The molecule has 59 heavy (non-hydrogen) atoms. The predicted molar refractivity (Wildman–Crippen MR) is 224 cm³/mol. The quantitative estimate of drug-likeness (QED) is 0.170. The summed E-state index contributed by atoms with van der Waals surface area (Å²) in [5.41, 5.74) is 1.87. The average molecular weight is 824 g/mol. The maximum atomic E-state index is 14.9. The van der Waals surface area contributed by atoms with E-state index in [9.17, 15) is 27.6 Å². The first-order valence-electron chi connectivity index (χ1n) is 20.4. The number of pyridine rings is 1. The molecule has 13 nitrogen and oxygen atoms in total. The van der Waals surface area contributed by atoms with Gasteiger partial charge in [0.05, 0.1) is 36.0 Å². The number of carbonyl (C=O) groups is 4.